The van der Waals surface area contributed by atoms with E-state index in [4.69, 9.17) is 0 Å². The summed E-state index contributed by atoms with van der Waals surface area (Å²) in [7, 11) is 0. The summed E-state index contributed by atoms with van der Waals surface area (Å²) < 4.78 is 26.0. The lowest BCUT2D eigenvalue weighted by Gasteiger charge is -2.35. The van der Waals surface area contributed by atoms with E-state index >= 15 is 0 Å². The minimum Gasteiger partial charge on any atom is -0.508 e. The van der Waals surface area contributed by atoms with Gasteiger partial charge in [0.15, 0.2) is 0 Å². The molecule has 2 rings (SSSR count). The Labute approximate surface area is 105 Å². The van der Waals surface area contributed by atoms with Gasteiger partial charge in [-0.1, -0.05) is 30.3 Å². The van der Waals surface area contributed by atoms with Gasteiger partial charge in [-0.15, -0.1) is 0 Å². The van der Waals surface area contributed by atoms with E-state index in [1.54, 1.807) is 4.90 Å². The summed E-state index contributed by atoms with van der Waals surface area (Å²) >= 11 is 0. The fourth-order valence-electron chi connectivity index (χ4n) is 2.07. The van der Waals surface area contributed by atoms with Crippen molar-refractivity contribution in [3.8, 4) is 0 Å². The van der Waals surface area contributed by atoms with Crippen molar-refractivity contribution in [1.82, 2.24) is 4.90 Å². The van der Waals surface area contributed by atoms with Crippen molar-refractivity contribution in [2.24, 2.45) is 0 Å². The molecule has 1 aromatic rings. The molecule has 0 radical (unpaired) electrons. The predicted octanol–water partition coefficient (Wildman–Crippen LogP) is 3.65. The highest BCUT2D eigenvalue weighted by molar-refractivity contribution is 5.24. The molecule has 4 heteroatoms. The molecule has 0 aromatic heterocycles. The van der Waals surface area contributed by atoms with Gasteiger partial charge in [0.25, 0.3) is 6.43 Å². The first-order valence-corrected chi connectivity index (χ1v) is 5.79. The van der Waals surface area contributed by atoms with Crippen molar-refractivity contribution in [1.29, 1.82) is 0 Å². The number of aliphatic hydroxyl groups excluding tert-OH is 1. The molecular weight excluding hydrogens is 236 g/mol. The lowest BCUT2D eigenvalue weighted by atomic mass is 10.0. The number of aliphatic hydroxyl groups is 1. The van der Waals surface area contributed by atoms with Crippen molar-refractivity contribution in [3.05, 3.63) is 60.0 Å². The molecule has 2 nitrogen and oxygen atoms in total. The Morgan fingerprint density at radius 2 is 1.89 bits per heavy atom. The number of allylic oxidation sites excluding steroid dienone is 1. The molecule has 0 saturated carbocycles. The normalized spacial score (nSPS) is 21.0. The number of nitrogens with zero attached hydrogens (tertiary/aromatic N) is 1. The van der Waals surface area contributed by atoms with Crippen LogP contribution < -0.4 is 0 Å². The van der Waals surface area contributed by atoms with Crippen LogP contribution in [0.25, 0.3) is 0 Å². The van der Waals surface area contributed by atoms with E-state index in [2.05, 4.69) is 0 Å². The second kappa shape index (κ2) is 5.21. The first-order valence-electron chi connectivity index (χ1n) is 5.79. The summed E-state index contributed by atoms with van der Waals surface area (Å²) in [6, 6.07) is 8.18. The Morgan fingerprint density at radius 3 is 2.50 bits per heavy atom. The second-order valence-corrected chi connectivity index (χ2v) is 4.27. The summed E-state index contributed by atoms with van der Waals surface area (Å²) in [4.78, 5) is 1.56. The average molecular weight is 251 g/mol. The number of halogens is 2. The van der Waals surface area contributed by atoms with E-state index in [1.807, 2.05) is 37.3 Å². The van der Waals surface area contributed by atoms with Crippen LogP contribution in [0.1, 0.15) is 18.5 Å². The second-order valence-electron chi connectivity index (χ2n) is 4.27. The SMILES string of the molecule is C[C@H](c1ccccc1)N1C=CC(O)=CC1C(F)F. The van der Waals surface area contributed by atoms with Crippen LogP contribution in [-0.4, -0.2) is 22.5 Å². The van der Waals surface area contributed by atoms with Gasteiger partial charge in [-0.05, 0) is 24.6 Å². The first kappa shape index (κ1) is 12.6. The van der Waals surface area contributed by atoms with E-state index in [9.17, 15) is 13.9 Å². The Balaban J connectivity index is 2.24. The summed E-state index contributed by atoms with van der Waals surface area (Å²) in [6.45, 7) is 1.87. The number of benzene rings is 1. The Bertz CT molecular complexity index is 456. The molecule has 0 fully saturated rings. The van der Waals surface area contributed by atoms with Gasteiger partial charge in [0.1, 0.15) is 11.8 Å². The number of rotatable bonds is 3. The first-order chi connectivity index (χ1) is 8.59. The van der Waals surface area contributed by atoms with Crippen molar-refractivity contribution < 1.29 is 13.9 Å². The molecule has 1 unspecified atom stereocenters. The Hall–Kier alpha value is -1.84. The van der Waals surface area contributed by atoms with Crippen LogP contribution in [0, 0.1) is 0 Å². The van der Waals surface area contributed by atoms with Crippen molar-refractivity contribution >= 4 is 0 Å². The lowest BCUT2D eigenvalue weighted by molar-refractivity contribution is 0.0524. The molecule has 1 aromatic carbocycles. The lowest BCUT2D eigenvalue weighted by Crippen LogP contribution is -2.38. The maximum Gasteiger partial charge on any atom is 0.262 e. The van der Waals surface area contributed by atoms with Gasteiger partial charge in [0.2, 0.25) is 0 Å². The third-order valence-electron chi connectivity index (χ3n) is 3.09. The summed E-state index contributed by atoms with van der Waals surface area (Å²) in [6.07, 6.45) is 1.59. The third kappa shape index (κ3) is 2.53. The van der Waals surface area contributed by atoms with Crippen molar-refractivity contribution in [2.75, 3.05) is 0 Å². The highest BCUT2D eigenvalue weighted by Crippen LogP contribution is 2.28. The molecule has 0 amide bonds. The molecule has 0 saturated heterocycles. The summed E-state index contributed by atoms with van der Waals surface area (Å²) in [5, 5.41) is 9.31. The van der Waals surface area contributed by atoms with Crippen molar-refractivity contribution in [2.45, 2.75) is 25.4 Å². The standard InChI is InChI=1S/C14H15F2NO/c1-10(11-5-3-2-4-6-11)17-8-7-12(18)9-13(17)14(15)16/h2-10,13-14,18H,1H3/t10-,13?/m1/s1. The van der Waals surface area contributed by atoms with Crippen LogP contribution >= 0.6 is 0 Å². The average Bonchev–Trinajstić information content (AvgIpc) is 2.39. The summed E-state index contributed by atoms with van der Waals surface area (Å²) in [5.41, 5.74) is 0.961. The zero-order valence-corrected chi connectivity index (χ0v) is 10.0. The number of alkyl halides is 2. The van der Waals surface area contributed by atoms with Crippen LogP contribution in [0.2, 0.25) is 0 Å². The monoisotopic (exact) mass is 251 g/mol. The molecule has 1 heterocycles. The fourth-order valence-corrected chi connectivity index (χ4v) is 2.07. The zero-order valence-electron chi connectivity index (χ0n) is 10.0. The summed E-state index contributed by atoms with van der Waals surface area (Å²) in [5.74, 6) is -0.114. The minimum absolute atomic E-state index is 0.114. The Kier molecular flexibility index (Phi) is 3.65. The van der Waals surface area contributed by atoms with Crippen LogP contribution in [-0.2, 0) is 0 Å². The molecule has 2 atom stereocenters. The predicted molar refractivity (Wildman–Crippen MR) is 66.3 cm³/mol. The number of hydrogen-bond acceptors (Lipinski definition) is 2. The van der Waals surface area contributed by atoms with E-state index < -0.39 is 12.5 Å². The van der Waals surface area contributed by atoms with Crippen LogP contribution in [0.5, 0.6) is 0 Å². The van der Waals surface area contributed by atoms with Crippen molar-refractivity contribution in [3.63, 3.8) is 0 Å². The molecular formula is C14H15F2NO. The third-order valence-corrected chi connectivity index (χ3v) is 3.09. The van der Waals surface area contributed by atoms with Crippen LogP contribution in [0.3, 0.4) is 0 Å². The maximum atomic E-state index is 13.0. The van der Waals surface area contributed by atoms with Gasteiger partial charge in [-0.3, -0.25) is 0 Å². The molecule has 0 bridgehead atoms. The Morgan fingerprint density at radius 1 is 1.22 bits per heavy atom. The number of hydrogen-bond donors (Lipinski definition) is 1. The largest absolute Gasteiger partial charge is 0.508 e. The van der Waals surface area contributed by atoms with Gasteiger partial charge in [-0.2, -0.15) is 0 Å². The highest BCUT2D eigenvalue weighted by atomic mass is 19.3. The van der Waals surface area contributed by atoms with E-state index in [-0.39, 0.29) is 11.8 Å². The van der Waals surface area contributed by atoms with Gasteiger partial charge < -0.3 is 10.0 Å². The smallest absolute Gasteiger partial charge is 0.262 e. The zero-order chi connectivity index (χ0) is 13.1. The molecule has 96 valence electrons. The van der Waals surface area contributed by atoms with E-state index in [0.29, 0.717) is 0 Å². The molecule has 0 spiro atoms. The topological polar surface area (TPSA) is 23.5 Å². The fraction of sp³-hybridized carbons (Fsp3) is 0.286. The molecule has 18 heavy (non-hydrogen) atoms. The van der Waals surface area contributed by atoms with Gasteiger partial charge in [0, 0.05) is 6.20 Å². The minimum atomic E-state index is -2.54. The highest BCUT2D eigenvalue weighted by Gasteiger charge is 2.29. The molecule has 0 aliphatic carbocycles. The van der Waals surface area contributed by atoms with Crippen LogP contribution in [0.15, 0.2) is 54.4 Å². The maximum absolute atomic E-state index is 13.0. The quantitative estimate of drug-likeness (QED) is 0.886. The van der Waals surface area contributed by atoms with Gasteiger partial charge in [-0.25, -0.2) is 8.78 Å². The molecule has 1 aliphatic rings. The van der Waals surface area contributed by atoms with Gasteiger partial charge in [0.05, 0.1) is 6.04 Å². The van der Waals surface area contributed by atoms with Crippen LogP contribution in [0.4, 0.5) is 8.78 Å². The van der Waals surface area contributed by atoms with E-state index in [1.165, 1.54) is 18.4 Å². The van der Waals surface area contributed by atoms with E-state index in [0.717, 1.165) is 5.56 Å². The molecule has 1 N–H and O–H groups in total. The van der Waals surface area contributed by atoms with Gasteiger partial charge >= 0.3 is 0 Å². The molecule has 1 aliphatic heterocycles.